The molecular weight excluding hydrogens is 481 g/mol. The molecule has 1 atom stereocenters. The van der Waals surface area contributed by atoms with Crippen LogP contribution in [-0.4, -0.2) is 35.4 Å². The second-order valence-corrected chi connectivity index (χ2v) is 8.29. The lowest BCUT2D eigenvalue weighted by molar-refractivity contribution is -0.122. The number of hydrogen-bond donors (Lipinski definition) is 1. The first-order chi connectivity index (χ1) is 16.4. The van der Waals surface area contributed by atoms with Crippen molar-refractivity contribution in [2.75, 3.05) is 16.8 Å². The van der Waals surface area contributed by atoms with Gasteiger partial charge >= 0.3 is 6.03 Å². The normalized spacial score (nSPS) is 15.5. The van der Waals surface area contributed by atoms with Gasteiger partial charge in [-0.25, -0.2) is 9.69 Å². The van der Waals surface area contributed by atoms with E-state index in [0.29, 0.717) is 34.5 Å². The number of halogens is 2. The molecule has 1 fully saturated rings. The molecule has 0 saturated carbocycles. The van der Waals surface area contributed by atoms with Gasteiger partial charge in [-0.3, -0.25) is 9.59 Å². The van der Waals surface area contributed by atoms with Crippen LogP contribution >= 0.6 is 23.2 Å². The second-order valence-electron chi connectivity index (χ2n) is 7.48. The van der Waals surface area contributed by atoms with Crippen LogP contribution in [-0.2, 0) is 16.1 Å². The fourth-order valence-electron chi connectivity index (χ4n) is 3.65. The topological polar surface area (TPSA) is 92.1 Å². The van der Waals surface area contributed by atoms with Gasteiger partial charge in [0.05, 0.1) is 41.6 Å². The van der Waals surface area contributed by atoms with E-state index in [1.165, 1.54) is 17.2 Å². The average molecular weight is 502 g/mol. The summed E-state index contributed by atoms with van der Waals surface area (Å²) in [6.45, 7) is 2.35. The molecule has 10 heteroatoms. The molecule has 176 valence electrons. The van der Waals surface area contributed by atoms with E-state index in [-0.39, 0.29) is 18.0 Å². The summed E-state index contributed by atoms with van der Waals surface area (Å²) in [7, 11) is 0. The Balaban J connectivity index is 1.59. The maximum Gasteiger partial charge on any atom is 0.322 e. The zero-order chi connectivity index (χ0) is 24.2. The molecule has 0 unspecified atom stereocenters. The van der Waals surface area contributed by atoms with Crippen molar-refractivity contribution in [1.82, 2.24) is 4.90 Å². The smallest absolute Gasteiger partial charge is 0.322 e. The van der Waals surface area contributed by atoms with Crippen molar-refractivity contribution < 1.29 is 23.5 Å². The van der Waals surface area contributed by atoms with Gasteiger partial charge in [0.25, 0.3) is 5.91 Å². The summed E-state index contributed by atoms with van der Waals surface area (Å²) in [6.07, 6.45) is 1.31. The van der Waals surface area contributed by atoms with E-state index >= 15 is 0 Å². The van der Waals surface area contributed by atoms with E-state index < -0.39 is 23.9 Å². The third-order valence-electron chi connectivity index (χ3n) is 5.24. The number of ether oxygens (including phenoxy) is 1. The summed E-state index contributed by atoms with van der Waals surface area (Å²) in [5.41, 5.74) is 0.799. The van der Waals surface area contributed by atoms with Crippen LogP contribution in [0, 0.1) is 0 Å². The highest BCUT2D eigenvalue weighted by Crippen LogP contribution is 2.30. The molecule has 0 bridgehead atoms. The predicted molar refractivity (Wildman–Crippen MR) is 128 cm³/mol. The zero-order valence-corrected chi connectivity index (χ0v) is 19.7. The van der Waals surface area contributed by atoms with Crippen LogP contribution in [0.15, 0.2) is 65.3 Å². The van der Waals surface area contributed by atoms with E-state index in [9.17, 15) is 14.4 Å². The highest BCUT2D eigenvalue weighted by Gasteiger charge is 2.44. The van der Waals surface area contributed by atoms with Crippen LogP contribution in [0.2, 0.25) is 10.0 Å². The number of urea groups is 1. The minimum Gasteiger partial charge on any atom is -0.494 e. The Morgan fingerprint density at radius 2 is 1.91 bits per heavy atom. The summed E-state index contributed by atoms with van der Waals surface area (Å²) in [5.74, 6) is 0.169. The number of amides is 4. The fourth-order valence-corrected chi connectivity index (χ4v) is 3.95. The van der Waals surface area contributed by atoms with E-state index in [1.807, 2.05) is 6.92 Å². The first-order valence-electron chi connectivity index (χ1n) is 10.5. The van der Waals surface area contributed by atoms with E-state index in [4.69, 9.17) is 32.4 Å². The minimum absolute atomic E-state index is 0.0129. The number of nitrogens with zero attached hydrogens (tertiary/aromatic N) is 2. The molecule has 1 aliphatic heterocycles. The van der Waals surface area contributed by atoms with Gasteiger partial charge in [-0.1, -0.05) is 23.2 Å². The first kappa shape index (κ1) is 23.7. The van der Waals surface area contributed by atoms with Crippen molar-refractivity contribution in [3.05, 3.63) is 76.7 Å². The molecule has 8 nitrogen and oxygen atoms in total. The molecule has 4 rings (SSSR count). The maximum absolute atomic E-state index is 13.3. The fraction of sp³-hybridized carbons (Fsp3) is 0.208. The van der Waals surface area contributed by atoms with Crippen molar-refractivity contribution in [2.45, 2.75) is 25.9 Å². The van der Waals surface area contributed by atoms with Crippen LogP contribution in [0.1, 0.15) is 19.1 Å². The van der Waals surface area contributed by atoms with Crippen LogP contribution in [0.4, 0.5) is 16.2 Å². The van der Waals surface area contributed by atoms with Crippen molar-refractivity contribution in [3.8, 4) is 5.75 Å². The Morgan fingerprint density at radius 3 is 2.56 bits per heavy atom. The summed E-state index contributed by atoms with van der Waals surface area (Å²) in [4.78, 5) is 41.8. The summed E-state index contributed by atoms with van der Waals surface area (Å²) < 4.78 is 10.8. The lowest BCUT2D eigenvalue weighted by Crippen LogP contribution is -2.46. The highest BCUT2D eigenvalue weighted by molar-refractivity contribution is 6.42. The first-order valence-corrected chi connectivity index (χ1v) is 11.3. The van der Waals surface area contributed by atoms with Gasteiger partial charge in [0.2, 0.25) is 5.91 Å². The zero-order valence-electron chi connectivity index (χ0n) is 18.2. The van der Waals surface area contributed by atoms with Crippen molar-refractivity contribution in [3.63, 3.8) is 0 Å². The number of nitrogens with one attached hydrogen (secondary N) is 1. The highest BCUT2D eigenvalue weighted by atomic mass is 35.5. The van der Waals surface area contributed by atoms with Crippen LogP contribution < -0.4 is 15.0 Å². The van der Waals surface area contributed by atoms with E-state index in [2.05, 4.69) is 5.32 Å². The van der Waals surface area contributed by atoms with Crippen LogP contribution in [0.3, 0.4) is 0 Å². The number of furan rings is 1. The molecule has 0 aliphatic carbocycles. The van der Waals surface area contributed by atoms with E-state index in [0.717, 1.165) is 4.90 Å². The molecule has 3 aromatic rings. The van der Waals surface area contributed by atoms with Crippen molar-refractivity contribution in [2.24, 2.45) is 0 Å². The van der Waals surface area contributed by atoms with Gasteiger partial charge in [-0.2, -0.15) is 0 Å². The Kier molecular flexibility index (Phi) is 7.09. The second kappa shape index (κ2) is 10.2. The number of carbonyl (C=O) groups is 3. The third kappa shape index (κ3) is 5.03. The summed E-state index contributed by atoms with van der Waals surface area (Å²) in [6, 6.07) is 13.0. The van der Waals surface area contributed by atoms with Crippen LogP contribution in [0.25, 0.3) is 0 Å². The Labute approximate surface area is 206 Å². The molecule has 1 N–H and O–H groups in total. The number of anilines is 2. The molecule has 2 heterocycles. The Morgan fingerprint density at radius 1 is 1.15 bits per heavy atom. The number of hydrogen-bond acceptors (Lipinski definition) is 5. The molecule has 0 radical (unpaired) electrons. The summed E-state index contributed by atoms with van der Waals surface area (Å²) >= 11 is 12.0. The number of rotatable bonds is 7. The van der Waals surface area contributed by atoms with E-state index in [1.54, 1.807) is 48.5 Å². The SMILES string of the molecule is CCOc1ccc(N2C(=O)C[C@H](N(Cc3ccco3)C(=O)Nc3ccc(Cl)c(Cl)c3)C2=O)cc1. The standard InChI is InChI=1S/C24H21Cl2N3O5/c1-2-33-17-8-6-16(7-9-17)29-22(30)13-21(23(29)31)28(14-18-4-3-11-34-18)24(32)27-15-5-10-19(25)20(26)12-15/h3-12,21H,2,13-14H2,1H3,(H,27,32)/t21-/m0/s1. The molecule has 1 aliphatic rings. The van der Waals surface area contributed by atoms with Gasteiger partial charge in [0.15, 0.2) is 0 Å². The number of carbonyl (C=O) groups excluding carboxylic acids is 3. The Hall–Kier alpha value is -3.49. The van der Waals surface area contributed by atoms with Gasteiger partial charge in [0, 0.05) is 5.69 Å². The molecule has 2 aromatic carbocycles. The molecule has 0 spiro atoms. The number of benzene rings is 2. The quantitative estimate of drug-likeness (QED) is 0.440. The van der Waals surface area contributed by atoms with Gasteiger partial charge in [0.1, 0.15) is 17.6 Å². The maximum atomic E-state index is 13.3. The monoisotopic (exact) mass is 501 g/mol. The van der Waals surface area contributed by atoms with Crippen molar-refractivity contribution in [1.29, 1.82) is 0 Å². The molecule has 1 saturated heterocycles. The lowest BCUT2D eigenvalue weighted by atomic mass is 10.2. The van der Waals surface area contributed by atoms with Gasteiger partial charge in [-0.05, 0) is 61.5 Å². The largest absolute Gasteiger partial charge is 0.494 e. The van der Waals surface area contributed by atoms with Crippen LogP contribution in [0.5, 0.6) is 5.75 Å². The van der Waals surface area contributed by atoms with Gasteiger partial charge < -0.3 is 19.4 Å². The molecular formula is C24H21Cl2N3O5. The van der Waals surface area contributed by atoms with Gasteiger partial charge in [-0.15, -0.1) is 0 Å². The molecule has 4 amide bonds. The lowest BCUT2D eigenvalue weighted by Gasteiger charge is -2.27. The van der Waals surface area contributed by atoms with Crippen molar-refractivity contribution >= 4 is 52.4 Å². The number of imide groups is 1. The third-order valence-corrected chi connectivity index (χ3v) is 5.98. The predicted octanol–water partition coefficient (Wildman–Crippen LogP) is 5.35. The Bertz CT molecular complexity index is 1200. The summed E-state index contributed by atoms with van der Waals surface area (Å²) in [5, 5.41) is 3.33. The molecule has 1 aromatic heterocycles. The average Bonchev–Trinajstić information content (AvgIpc) is 3.43. The minimum atomic E-state index is -1.02. The molecule has 34 heavy (non-hydrogen) atoms.